The van der Waals surface area contributed by atoms with Crippen molar-refractivity contribution in [3.63, 3.8) is 0 Å². The Bertz CT molecular complexity index is 1430. The SMILES string of the molecule is CCCCCCC(=NOC(=O)c1ccccc1)C(=O)c1ccc(Sc2ccc(C(C)=C(C(=O)O)C(=O)O)cc2)cc1. The Morgan fingerprint density at radius 3 is 1.83 bits per heavy atom. The van der Waals surface area contributed by atoms with Crippen molar-refractivity contribution in [1.82, 2.24) is 0 Å². The van der Waals surface area contributed by atoms with E-state index >= 15 is 0 Å². The summed E-state index contributed by atoms with van der Waals surface area (Å²) >= 11 is 1.43. The van der Waals surface area contributed by atoms with Gasteiger partial charge in [0.1, 0.15) is 11.3 Å². The van der Waals surface area contributed by atoms with E-state index in [1.807, 2.05) is 0 Å². The number of ketones is 1. The predicted molar refractivity (Wildman–Crippen MR) is 157 cm³/mol. The van der Waals surface area contributed by atoms with Crippen molar-refractivity contribution in [2.24, 2.45) is 5.16 Å². The Morgan fingerprint density at radius 1 is 0.732 bits per heavy atom. The van der Waals surface area contributed by atoms with Gasteiger partial charge in [-0.25, -0.2) is 14.4 Å². The molecule has 0 saturated carbocycles. The minimum Gasteiger partial charge on any atom is -0.477 e. The van der Waals surface area contributed by atoms with E-state index < -0.39 is 23.5 Å². The van der Waals surface area contributed by atoms with Crippen LogP contribution in [0, 0.1) is 0 Å². The van der Waals surface area contributed by atoms with E-state index in [0.29, 0.717) is 23.1 Å². The van der Waals surface area contributed by atoms with Crippen LogP contribution in [0.15, 0.2) is 99.4 Å². The number of carbonyl (C=O) groups is 4. The van der Waals surface area contributed by atoms with Crippen LogP contribution in [0.5, 0.6) is 0 Å². The molecule has 0 spiro atoms. The van der Waals surface area contributed by atoms with E-state index in [1.54, 1.807) is 78.9 Å². The van der Waals surface area contributed by atoms with E-state index in [9.17, 15) is 29.4 Å². The van der Waals surface area contributed by atoms with Gasteiger partial charge in [0.15, 0.2) is 0 Å². The molecule has 9 heteroatoms. The number of aliphatic carboxylic acids is 2. The molecule has 41 heavy (non-hydrogen) atoms. The number of carboxylic acids is 2. The fourth-order valence-electron chi connectivity index (χ4n) is 3.95. The van der Waals surface area contributed by atoms with Crippen LogP contribution >= 0.6 is 11.8 Å². The second-order valence-corrected chi connectivity index (χ2v) is 10.3. The van der Waals surface area contributed by atoms with Crippen LogP contribution in [0.4, 0.5) is 0 Å². The highest BCUT2D eigenvalue weighted by molar-refractivity contribution is 7.99. The molecule has 0 aliphatic carbocycles. The largest absolute Gasteiger partial charge is 0.477 e. The van der Waals surface area contributed by atoms with Gasteiger partial charge >= 0.3 is 17.9 Å². The average molecular weight is 574 g/mol. The zero-order valence-electron chi connectivity index (χ0n) is 22.8. The summed E-state index contributed by atoms with van der Waals surface area (Å²) in [7, 11) is 0. The zero-order chi connectivity index (χ0) is 29.8. The van der Waals surface area contributed by atoms with E-state index in [0.717, 1.165) is 35.5 Å². The Morgan fingerprint density at radius 2 is 1.29 bits per heavy atom. The van der Waals surface area contributed by atoms with Crippen LogP contribution in [0.2, 0.25) is 0 Å². The van der Waals surface area contributed by atoms with Gasteiger partial charge in [0.2, 0.25) is 5.78 Å². The fourth-order valence-corrected chi connectivity index (χ4v) is 4.77. The molecule has 0 atom stereocenters. The fraction of sp³-hybridized carbons (Fsp3) is 0.219. The molecule has 0 unspecified atom stereocenters. The topological polar surface area (TPSA) is 130 Å². The molecule has 3 aromatic rings. The molecule has 0 fully saturated rings. The molecule has 3 rings (SSSR count). The van der Waals surface area contributed by atoms with Crippen molar-refractivity contribution in [3.05, 3.63) is 101 Å². The number of unbranched alkanes of at least 4 members (excludes halogenated alkanes) is 3. The third kappa shape index (κ3) is 9.01. The lowest BCUT2D eigenvalue weighted by Crippen LogP contribution is -2.16. The molecule has 0 amide bonds. The number of carbonyl (C=O) groups excluding carboxylic acids is 2. The average Bonchev–Trinajstić information content (AvgIpc) is 2.97. The molecule has 0 bridgehead atoms. The molecule has 0 heterocycles. The number of hydrogen-bond donors (Lipinski definition) is 2. The maximum Gasteiger partial charge on any atom is 0.365 e. The van der Waals surface area contributed by atoms with Crippen LogP contribution < -0.4 is 0 Å². The highest BCUT2D eigenvalue weighted by Gasteiger charge is 2.20. The maximum absolute atomic E-state index is 13.3. The third-order valence-electron chi connectivity index (χ3n) is 6.22. The lowest BCUT2D eigenvalue weighted by molar-refractivity contribution is -0.140. The summed E-state index contributed by atoms with van der Waals surface area (Å²) in [6.07, 6.45) is 4.16. The van der Waals surface area contributed by atoms with Gasteiger partial charge in [-0.15, -0.1) is 0 Å². The van der Waals surface area contributed by atoms with E-state index in [1.165, 1.54) is 18.7 Å². The van der Waals surface area contributed by atoms with Gasteiger partial charge in [0.05, 0.1) is 5.56 Å². The van der Waals surface area contributed by atoms with Crippen molar-refractivity contribution in [2.75, 3.05) is 0 Å². The van der Waals surface area contributed by atoms with Crippen molar-refractivity contribution >= 4 is 46.7 Å². The van der Waals surface area contributed by atoms with Crippen LogP contribution in [0.3, 0.4) is 0 Å². The van der Waals surface area contributed by atoms with E-state index in [2.05, 4.69) is 12.1 Å². The standard InChI is InChI=1S/C32H31NO7S/c1-3-4-5-9-12-27(33-40-32(39)24-10-7-6-8-11-24)29(34)23-15-19-26(20-16-23)41-25-17-13-22(14-18-25)21(2)28(30(35)36)31(37)38/h6-8,10-11,13-20H,3-5,9,12H2,1-2H3,(H,35,36)(H,37,38). The first-order valence-corrected chi connectivity index (χ1v) is 14.0. The first-order valence-electron chi connectivity index (χ1n) is 13.1. The summed E-state index contributed by atoms with van der Waals surface area (Å²) in [4.78, 5) is 55.0. The predicted octanol–water partition coefficient (Wildman–Crippen LogP) is 7.15. The molecule has 0 saturated heterocycles. The molecule has 3 aromatic carbocycles. The molecular formula is C32H31NO7S. The van der Waals surface area contributed by atoms with E-state index in [-0.39, 0.29) is 17.1 Å². The summed E-state index contributed by atoms with van der Waals surface area (Å²) in [6.45, 7) is 3.56. The second-order valence-electron chi connectivity index (χ2n) is 9.18. The van der Waals surface area contributed by atoms with Gasteiger partial charge in [-0.2, -0.15) is 0 Å². The van der Waals surface area contributed by atoms with Gasteiger partial charge in [0, 0.05) is 15.4 Å². The zero-order valence-corrected chi connectivity index (χ0v) is 23.6. The first-order chi connectivity index (χ1) is 19.7. The minimum atomic E-state index is -1.49. The highest BCUT2D eigenvalue weighted by atomic mass is 32.2. The maximum atomic E-state index is 13.3. The Kier molecular flexibility index (Phi) is 11.6. The van der Waals surface area contributed by atoms with Crippen LogP contribution in [0.25, 0.3) is 5.57 Å². The van der Waals surface area contributed by atoms with Gasteiger partial charge < -0.3 is 15.1 Å². The smallest absolute Gasteiger partial charge is 0.365 e. The number of nitrogens with zero attached hydrogens (tertiary/aromatic N) is 1. The Labute approximate surface area is 242 Å². The number of hydrogen-bond acceptors (Lipinski definition) is 7. The molecule has 0 aliphatic rings. The molecule has 2 N–H and O–H groups in total. The molecular weight excluding hydrogens is 542 g/mol. The normalized spacial score (nSPS) is 11.0. The van der Waals surface area contributed by atoms with Crippen LogP contribution in [-0.2, 0) is 14.4 Å². The molecule has 0 radical (unpaired) electrons. The third-order valence-corrected chi connectivity index (χ3v) is 7.24. The summed E-state index contributed by atoms with van der Waals surface area (Å²) in [6, 6.07) is 22.3. The Balaban J connectivity index is 1.72. The summed E-state index contributed by atoms with van der Waals surface area (Å²) in [5.74, 6) is -3.92. The highest BCUT2D eigenvalue weighted by Crippen LogP contribution is 2.30. The molecule has 0 aliphatic heterocycles. The number of carboxylic acid groups (broad SMARTS) is 2. The summed E-state index contributed by atoms with van der Waals surface area (Å²) in [5, 5.41) is 22.3. The number of rotatable bonds is 14. The monoisotopic (exact) mass is 573 g/mol. The summed E-state index contributed by atoms with van der Waals surface area (Å²) < 4.78 is 0. The van der Waals surface area contributed by atoms with Gasteiger partial charge in [-0.05, 0) is 79.4 Å². The number of benzene rings is 3. The minimum absolute atomic E-state index is 0.158. The second kappa shape index (κ2) is 15.3. The number of allylic oxidation sites excluding steroid dienone is 1. The molecule has 212 valence electrons. The van der Waals surface area contributed by atoms with Crippen molar-refractivity contribution in [2.45, 2.75) is 55.7 Å². The molecule has 0 aromatic heterocycles. The number of Topliss-reactive ketones (excluding diaryl/α,β-unsaturated/α-hetero) is 1. The number of oxime groups is 1. The lowest BCUT2D eigenvalue weighted by Gasteiger charge is -2.08. The first kappa shape index (κ1) is 31.0. The van der Waals surface area contributed by atoms with E-state index in [4.69, 9.17) is 4.84 Å². The Hall–Kier alpha value is -4.50. The van der Waals surface area contributed by atoms with Crippen LogP contribution in [0.1, 0.15) is 72.2 Å². The summed E-state index contributed by atoms with van der Waals surface area (Å²) in [5.41, 5.74) is 0.935. The van der Waals surface area contributed by atoms with Gasteiger partial charge in [-0.1, -0.05) is 73.4 Å². The lowest BCUT2D eigenvalue weighted by atomic mass is 10.0. The van der Waals surface area contributed by atoms with Gasteiger partial charge in [0.25, 0.3) is 0 Å². The van der Waals surface area contributed by atoms with Gasteiger partial charge in [-0.3, -0.25) is 4.79 Å². The van der Waals surface area contributed by atoms with Crippen molar-refractivity contribution in [1.29, 1.82) is 0 Å². The van der Waals surface area contributed by atoms with Crippen molar-refractivity contribution < 1.29 is 34.2 Å². The van der Waals surface area contributed by atoms with Crippen LogP contribution in [-0.4, -0.2) is 39.6 Å². The quantitative estimate of drug-likeness (QED) is 0.0304. The van der Waals surface area contributed by atoms with Crippen molar-refractivity contribution in [3.8, 4) is 0 Å². The molecule has 8 nitrogen and oxygen atoms in total.